The second-order valence-corrected chi connectivity index (χ2v) is 5.95. The summed E-state index contributed by atoms with van der Waals surface area (Å²) in [5, 5.41) is 0.388. The minimum atomic E-state index is -0.204. The number of hydrogen-bond acceptors (Lipinski definition) is 3. The first-order valence-electron chi connectivity index (χ1n) is 5.83. The molecule has 0 bridgehead atoms. The first kappa shape index (κ1) is 12.3. The molecule has 17 heavy (non-hydrogen) atoms. The lowest BCUT2D eigenvalue weighted by Crippen LogP contribution is -2.30. The fraction of sp³-hybridized carbons (Fsp3) is 0.462. The number of carbonyl (C=O) groups is 1. The monoisotopic (exact) mass is 251 g/mol. The number of amides is 1. The van der Waals surface area contributed by atoms with Gasteiger partial charge in [0.15, 0.2) is 0 Å². The van der Waals surface area contributed by atoms with Crippen molar-refractivity contribution >= 4 is 18.0 Å². The number of cyclic esters (lactones) is 1. The summed E-state index contributed by atoms with van der Waals surface area (Å²) in [7, 11) is 0. The number of ether oxygens (including phenoxy) is 1. The Morgan fingerprint density at radius 1 is 1.41 bits per heavy atom. The van der Waals surface area contributed by atoms with Crippen molar-refractivity contribution in [2.75, 3.05) is 6.61 Å². The lowest BCUT2D eigenvalue weighted by atomic mass is 10.1. The molecule has 2 rings (SSSR count). The molecule has 4 heteroatoms. The van der Waals surface area contributed by atoms with Crippen LogP contribution in [0.25, 0.3) is 0 Å². The van der Waals surface area contributed by atoms with Crippen molar-refractivity contribution in [2.24, 2.45) is 0 Å². The molecule has 1 heterocycles. The van der Waals surface area contributed by atoms with Crippen LogP contribution in [0.5, 0.6) is 0 Å². The highest BCUT2D eigenvalue weighted by Crippen LogP contribution is 2.27. The Bertz CT molecular complexity index is 380. The fourth-order valence-corrected chi connectivity index (χ4v) is 2.73. The van der Waals surface area contributed by atoms with Gasteiger partial charge in [-0.1, -0.05) is 44.2 Å². The van der Waals surface area contributed by atoms with E-state index in [1.165, 1.54) is 5.56 Å². The van der Waals surface area contributed by atoms with E-state index < -0.39 is 0 Å². The van der Waals surface area contributed by atoms with E-state index in [-0.39, 0.29) is 12.1 Å². The lowest BCUT2D eigenvalue weighted by molar-refractivity contribution is 0.171. The summed E-state index contributed by atoms with van der Waals surface area (Å²) in [6.45, 7) is 4.65. The first-order chi connectivity index (χ1) is 8.16. The number of hydrogen-bond donors (Lipinski definition) is 0. The smallest absolute Gasteiger partial charge is 0.420 e. The van der Waals surface area contributed by atoms with Crippen LogP contribution < -0.4 is 0 Å². The number of benzene rings is 1. The van der Waals surface area contributed by atoms with E-state index in [2.05, 4.69) is 26.0 Å². The SMILES string of the molecule is CC(C)SN1C(=O)OC[C@@H]1Cc1ccccc1. The number of nitrogens with zero attached hydrogens (tertiary/aromatic N) is 1. The molecule has 0 radical (unpaired) electrons. The average Bonchev–Trinajstić information content (AvgIpc) is 2.62. The molecule has 1 atom stereocenters. The molecule has 1 amide bonds. The lowest BCUT2D eigenvalue weighted by Gasteiger charge is -2.21. The summed E-state index contributed by atoms with van der Waals surface area (Å²) in [5.74, 6) is 0. The Kier molecular flexibility index (Phi) is 3.94. The van der Waals surface area contributed by atoms with Gasteiger partial charge < -0.3 is 4.74 Å². The summed E-state index contributed by atoms with van der Waals surface area (Å²) in [6, 6.07) is 10.4. The van der Waals surface area contributed by atoms with Crippen molar-refractivity contribution < 1.29 is 9.53 Å². The molecule has 1 aliphatic rings. The van der Waals surface area contributed by atoms with Crippen molar-refractivity contribution in [3.05, 3.63) is 35.9 Å². The van der Waals surface area contributed by atoms with E-state index >= 15 is 0 Å². The van der Waals surface area contributed by atoms with Crippen LogP contribution >= 0.6 is 11.9 Å². The third-order valence-electron chi connectivity index (χ3n) is 2.55. The molecular formula is C13H17NO2S. The zero-order chi connectivity index (χ0) is 12.3. The standard InChI is InChI=1S/C13H17NO2S/c1-10(2)17-14-12(9-16-13(14)15)8-11-6-4-3-5-7-11/h3-7,10,12H,8-9H2,1-2H3/t12-/m0/s1. The molecule has 1 fully saturated rings. The van der Waals surface area contributed by atoms with Crippen LogP contribution in [0.4, 0.5) is 4.79 Å². The Morgan fingerprint density at radius 3 is 2.76 bits per heavy atom. The quantitative estimate of drug-likeness (QED) is 0.770. The molecule has 0 aliphatic carbocycles. The molecule has 3 nitrogen and oxygen atoms in total. The van der Waals surface area contributed by atoms with E-state index in [4.69, 9.17) is 4.74 Å². The summed E-state index contributed by atoms with van der Waals surface area (Å²) >= 11 is 1.56. The van der Waals surface area contributed by atoms with Gasteiger partial charge in [-0.2, -0.15) is 0 Å². The average molecular weight is 251 g/mol. The molecule has 1 aliphatic heterocycles. The topological polar surface area (TPSA) is 29.5 Å². The van der Waals surface area contributed by atoms with Crippen molar-refractivity contribution in [3.8, 4) is 0 Å². The Labute approximate surface area is 106 Å². The summed E-state index contributed by atoms with van der Waals surface area (Å²) in [4.78, 5) is 11.6. The predicted molar refractivity (Wildman–Crippen MR) is 69.8 cm³/mol. The van der Waals surface area contributed by atoms with E-state index in [0.29, 0.717) is 11.9 Å². The van der Waals surface area contributed by atoms with Gasteiger partial charge >= 0.3 is 6.09 Å². The number of rotatable bonds is 4. The zero-order valence-electron chi connectivity index (χ0n) is 10.1. The number of carbonyl (C=O) groups excluding carboxylic acids is 1. The maximum Gasteiger partial charge on any atom is 0.420 e. The van der Waals surface area contributed by atoms with Crippen molar-refractivity contribution in [1.29, 1.82) is 0 Å². The van der Waals surface area contributed by atoms with Crippen molar-refractivity contribution in [3.63, 3.8) is 0 Å². The maximum absolute atomic E-state index is 11.6. The Morgan fingerprint density at radius 2 is 2.12 bits per heavy atom. The normalized spacial score (nSPS) is 19.8. The van der Waals surface area contributed by atoms with Crippen LogP contribution in [0.3, 0.4) is 0 Å². The highest BCUT2D eigenvalue weighted by molar-refractivity contribution is 7.98. The van der Waals surface area contributed by atoms with Crippen LogP contribution in [-0.2, 0) is 11.2 Å². The van der Waals surface area contributed by atoms with Gasteiger partial charge in [-0.3, -0.25) is 0 Å². The van der Waals surface area contributed by atoms with E-state index in [0.717, 1.165) is 6.42 Å². The van der Waals surface area contributed by atoms with Crippen LogP contribution in [0.1, 0.15) is 19.4 Å². The van der Waals surface area contributed by atoms with Gasteiger partial charge in [-0.05, 0) is 23.9 Å². The van der Waals surface area contributed by atoms with Crippen LogP contribution in [-0.4, -0.2) is 28.3 Å². The second-order valence-electron chi connectivity index (χ2n) is 4.40. The van der Waals surface area contributed by atoms with E-state index in [1.807, 2.05) is 18.2 Å². The third kappa shape index (κ3) is 3.16. The zero-order valence-corrected chi connectivity index (χ0v) is 10.9. The van der Waals surface area contributed by atoms with Crippen molar-refractivity contribution in [1.82, 2.24) is 4.31 Å². The molecule has 0 aromatic heterocycles. The molecule has 0 unspecified atom stereocenters. The van der Waals surface area contributed by atoms with Crippen molar-refractivity contribution in [2.45, 2.75) is 31.6 Å². The maximum atomic E-state index is 11.6. The van der Waals surface area contributed by atoms with Gasteiger partial charge in [0.05, 0.1) is 6.04 Å². The fourth-order valence-electron chi connectivity index (χ4n) is 1.83. The Hall–Kier alpha value is -1.16. The molecule has 1 aromatic rings. The first-order valence-corrected chi connectivity index (χ1v) is 6.67. The molecule has 1 saturated heterocycles. The summed E-state index contributed by atoms with van der Waals surface area (Å²) in [6.07, 6.45) is 0.649. The second kappa shape index (κ2) is 5.45. The van der Waals surface area contributed by atoms with Gasteiger partial charge in [0, 0.05) is 5.25 Å². The summed E-state index contributed by atoms with van der Waals surface area (Å²) in [5.41, 5.74) is 1.24. The molecule has 0 saturated carbocycles. The highest BCUT2D eigenvalue weighted by Gasteiger charge is 2.34. The molecule has 0 N–H and O–H groups in total. The summed E-state index contributed by atoms with van der Waals surface area (Å²) < 4.78 is 6.89. The molecule has 1 aromatic carbocycles. The predicted octanol–water partition coefficient (Wildman–Crippen LogP) is 3.11. The minimum Gasteiger partial charge on any atom is -0.447 e. The molecule has 92 valence electrons. The van der Waals surface area contributed by atoms with Gasteiger partial charge in [-0.25, -0.2) is 9.10 Å². The van der Waals surface area contributed by atoms with Gasteiger partial charge in [-0.15, -0.1) is 0 Å². The third-order valence-corrected chi connectivity index (χ3v) is 3.65. The highest BCUT2D eigenvalue weighted by atomic mass is 32.2. The van der Waals surface area contributed by atoms with E-state index in [9.17, 15) is 4.79 Å². The van der Waals surface area contributed by atoms with E-state index in [1.54, 1.807) is 16.3 Å². The van der Waals surface area contributed by atoms with Crippen LogP contribution in [0.2, 0.25) is 0 Å². The molecular weight excluding hydrogens is 234 g/mol. The Balaban J connectivity index is 2.02. The molecule has 0 spiro atoms. The van der Waals surface area contributed by atoms with Gasteiger partial charge in [0.1, 0.15) is 6.61 Å². The van der Waals surface area contributed by atoms with Crippen LogP contribution in [0.15, 0.2) is 30.3 Å². The minimum absolute atomic E-state index is 0.150. The van der Waals surface area contributed by atoms with Gasteiger partial charge in [0.25, 0.3) is 0 Å². The van der Waals surface area contributed by atoms with Gasteiger partial charge in [0.2, 0.25) is 0 Å². The largest absolute Gasteiger partial charge is 0.447 e. The van der Waals surface area contributed by atoms with Crippen LogP contribution in [0, 0.1) is 0 Å².